The number of carbonyl (C=O) groups is 4. The van der Waals surface area contributed by atoms with Crippen molar-refractivity contribution in [2.24, 2.45) is 0 Å². The first-order chi connectivity index (χ1) is 22.5. The van der Waals surface area contributed by atoms with E-state index in [0.29, 0.717) is 0 Å². The molecule has 1 aliphatic rings. The normalized spacial score (nSPS) is 13.4. The largest absolute Gasteiger partial charge is 0.458 e. The van der Waals surface area contributed by atoms with Gasteiger partial charge in [-0.25, -0.2) is 9.59 Å². The van der Waals surface area contributed by atoms with Crippen molar-refractivity contribution < 1.29 is 33.4 Å². The lowest BCUT2D eigenvalue weighted by Gasteiger charge is -2.26. The number of hydrogen-bond donors (Lipinski definition) is 4. The van der Waals surface area contributed by atoms with Gasteiger partial charge in [-0.3, -0.25) is 9.59 Å². The zero-order chi connectivity index (χ0) is 33.6. The van der Waals surface area contributed by atoms with Crippen LogP contribution in [0.3, 0.4) is 0 Å². The number of alkyl carbamates (subject to hydrolysis) is 1. The van der Waals surface area contributed by atoms with Crippen molar-refractivity contribution in [2.75, 3.05) is 6.61 Å². The van der Waals surface area contributed by atoms with Gasteiger partial charge in [-0.1, -0.05) is 66.7 Å². The third-order valence-electron chi connectivity index (χ3n) is 7.95. The van der Waals surface area contributed by atoms with E-state index in [4.69, 9.17) is 15.0 Å². The minimum Gasteiger partial charge on any atom is -0.458 e. The number of aromatic amines is 1. The maximum atomic E-state index is 13.8. The van der Waals surface area contributed by atoms with E-state index in [1.54, 1.807) is 27.0 Å². The highest BCUT2D eigenvalue weighted by atomic mass is 16.6. The lowest BCUT2D eigenvalue weighted by molar-refractivity contribution is -0.159. The van der Waals surface area contributed by atoms with Crippen molar-refractivity contribution in [3.63, 3.8) is 0 Å². The van der Waals surface area contributed by atoms with Gasteiger partial charge >= 0.3 is 18.3 Å². The molecule has 2 amide bonds. The first-order valence-corrected chi connectivity index (χ1v) is 15.5. The van der Waals surface area contributed by atoms with Crippen LogP contribution in [-0.4, -0.2) is 64.0 Å². The molecule has 0 saturated carbocycles. The Morgan fingerprint density at radius 2 is 1.55 bits per heavy atom. The Morgan fingerprint density at radius 3 is 2.21 bits per heavy atom. The van der Waals surface area contributed by atoms with Gasteiger partial charge in [0.05, 0.1) is 10.3 Å². The smallest absolute Gasteiger partial charge is 0.407 e. The predicted octanol–water partition coefficient (Wildman–Crippen LogP) is 5.10. The van der Waals surface area contributed by atoms with Crippen LogP contribution in [0.2, 0.25) is 0 Å². The van der Waals surface area contributed by atoms with Crippen molar-refractivity contribution in [1.82, 2.24) is 15.6 Å². The fourth-order valence-corrected chi connectivity index (χ4v) is 5.83. The molecule has 0 saturated heterocycles. The molecule has 0 bridgehead atoms. The lowest BCUT2D eigenvalue weighted by Crippen LogP contribution is -2.53. The third-order valence-corrected chi connectivity index (χ3v) is 7.95. The van der Waals surface area contributed by atoms with Crippen molar-refractivity contribution in [2.45, 2.75) is 63.6 Å². The summed E-state index contributed by atoms with van der Waals surface area (Å²) in [5.41, 5.74) is 12.0. The van der Waals surface area contributed by atoms with Gasteiger partial charge in [-0.15, -0.1) is 0 Å². The minimum absolute atomic E-state index is 0.0570. The molecule has 0 fully saturated rings. The first-order valence-electron chi connectivity index (χ1n) is 15.5. The number of hydrogen-bond acceptors (Lipinski definition) is 7. The molecule has 0 spiro atoms. The highest BCUT2D eigenvalue weighted by molar-refractivity contribution is 6.25. The Labute approximate surface area is 272 Å². The van der Waals surface area contributed by atoms with Crippen LogP contribution in [-0.2, 0) is 30.3 Å². The van der Waals surface area contributed by atoms with Gasteiger partial charge < -0.3 is 25.1 Å². The zero-order valence-corrected chi connectivity index (χ0v) is 26.5. The van der Waals surface area contributed by atoms with E-state index >= 15 is 0 Å². The molecule has 1 heterocycles. The van der Waals surface area contributed by atoms with E-state index in [9.17, 15) is 19.2 Å². The van der Waals surface area contributed by atoms with Gasteiger partial charge in [0.25, 0.3) is 0 Å². The number of para-hydroxylation sites is 1. The minimum atomic E-state index is -1.19. The summed E-state index contributed by atoms with van der Waals surface area (Å²) < 4.78 is 11.3. The predicted molar refractivity (Wildman–Crippen MR) is 175 cm³/mol. The maximum absolute atomic E-state index is 13.8. The summed E-state index contributed by atoms with van der Waals surface area (Å²) in [5, 5.41) is 6.28. The van der Waals surface area contributed by atoms with Crippen molar-refractivity contribution >= 4 is 40.9 Å². The molecular weight excluding hydrogens is 598 g/mol. The Balaban J connectivity index is 1.35. The second-order valence-electron chi connectivity index (χ2n) is 12.4. The Morgan fingerprint density at radius 1 is 0.915 bits per heavy atom. The van der Waals surface area contributed by atoms with Gasteiger partial charge in [0.1, 0.15) is 24.3 Å². The molecule has 3 aromatic carbocycles. The molecule has 5 rings (SSSR count). The molecule has 11 nitrogen and oxygen atoms in total. The van der Waals surface area contributed by atoms with E-state index < -0.39 is 41.4 Å². The molecular formula is C36H38N5O6+. The zero-order valence-electron chi connectivity index (χ0n) is 26.5. The van der Waals surface area contributed by atoms with Crippen LogP contribution in [0.25, 0.3) is 22.0 Å². The van der Waals surface area contributed by atoms with Crippen molar-refractivity contribution in [3.8, 4) is 11.1 Å². The summed E-state index contributed by atoms with van der Waals surface area (Å²) in [6.45, 7) is 5.14. The number of fused-ring (bicyclic) bond motifs is 4. The van der Waals surface area contributed by atoms with Gasteiger partial charge in [0, 0.05) is 35.9 Å². The second kappa shape index (κ2) is 14.3. The van der Waals surface area contributed by atoms with E-state index in [2.05, 4.69) is 20.4 Å². The van der Waals surface area contributed by atoms with Crippen LogP contribution < -0.4 is 10.6 Å². The third kappa shape index (κ3) is 8.01. The molecule has 11 heteroatoms. The Bertz CT molecular complexity index is 1810. The molecule has 242 valence electrons. The Hall–Kier alpha value is -5.54. The molecule has 2 atom stereocenters. The number of esters is 1. The van der Waals surface area contributed by atoms with Gasteiger partial charge in [-0.2, -0.15) is 0 Å². The number of Topliss-reactive ketones (excluding diaryl/α,β-unsaturated/α-hetero) is 1. The number of H-pyrrole nitrogens is 1. The van der Waals surface area contributed by atoms with Gasteiger partial charge in [0.2, 0.25) is 11.7 Å². The lowest BCUT2D eigenvalue weighted by atomic mass is 9.98. The fraction of sp³-hybridized carbons (Fsp3) is 0.306. The molecule has 0 unspecified atom stereocenters. The summed E-state index contributed by atoms with van der Waals surface area (Å²) in [6, 6.07) is 21.2. The first kappa shape index (κ1) is 32.8. The van der Waals surface area contributed by atoms with Crippen molar-refractivity contribution in [3.05, 3.63) is 95.7 Å². The van der Waals surface area contributed by atoms with Gasteiger partial charge in [0.15, 0.2) is 0 Å². The SMILES string of the molecule is CC(C)(C)OC(=O)[C@H](CCC(=O)C=[N+]=N)NC(=O)[C@H](Cc1c[nH]c2ccccc12)NC(=O)OCC1c2ccccc2-c2ccccc21. The average molecular weight is 637 g/mol. The molecule has 4 aromatic rings. The number of ketones is 1. The van der Waals surface area contributed by atoms with Crippen LogP contribution in [0.5, 0.6) is 0 Å². The molecule has 0 aliphatic heterocycles. The standard InChI is InChI=1S/C36H37N5O6/c1-36(2,3)47-34(44)31(17-16-23(42)20-39-37)40-33(43)32(18-22-19-38-30-15-9-8-10-24(22)30)41-35(45)46-21-29-27-13-6-4-11-25(27)26-12-5-7-14-28(26)29/h4-15,19-20,29,31-32,37-38H,16-18,21H2,1-3H3,(H-,40,41,43,45)/p+1/t31-,32-/m0/s1. The van der Waals surface area contributed by atoms with Crippen LogP contribution in [0, 0.1) is 5.53 Å². The van der Waals surface area contributed by atoms with E-state index in [1.807, 2.05) is 72.8 Å². The van der Waals surface area contributed by atoms with E-state index in [1.165, 1.54) is 0 Å². The molecule has 0 radical (unpaired) electrons. The molecule has 1 aromatic heterocycles. The monoisotopic (exact) mass is 636 g/mol. The summed E-state index contributed by atoms with van der Waals surface area (Å²) in [4.78, 5) is 58.5. The average Bonchev–Trinajstić information content (AvgIpc) is 3.59. The van der Waals surface area contributed by atoms with Crippen LogP contribution in [0.1, 0.15) is 56.2 Å². The molecule has 47 heavy (non-hydrogen) atoms. The number of ether oxygens (including phenoxy) is 2. The molecule has 1 aliphatic carbocycles. The summed E-state index contributed by atoms with van der Waals surface area (Å²) in [7, 11) is 0. The number of nitrogens with one attached hydrogen (secondary N) is 4. The van der Waals surface area contributed by atoms with Crippen LogP contribution in [0.15, 0.2) is 79.0 Å². The van der Waals surface area contributed by atoms with E-state index in [0.717, 1.165) is 44.9 Å². The van der Waals surface area contributed by atoms with Crippen LogP contribution in [0.4, 0.5) is 4.79 Å². The highest BCUT2D eigenvalue weighted by Gasteiger charge is 2.33. The maximum Gasteiger partial charge on any atom is 0.407 e. The molecule has 4 N–H and O–H groups in total. The number of benzene rings is 3. The fourth-order valence-electron chi connectivity index (χ4n) is 5.83. The van der Waals surface area contributed by atoms with Crippen molar-refractivity contribution in [1.29, 1.82) is 5.53 Å². The summed E-state index contributed by atoms with van der Waals surface area (Å²) >= 11 is 0. The number of nitrogens with zero attached hydrogens (tertiary/aromatic N) is 1. The number of amides is 2. The van der Waals surface area contributed by atoms with Gasteiger partial charge in [-0.05, 0) is 61.1 Å². The topological polar surface area (TPSA) is 165 Å². The second-order valence-corrected chi connectivity index (χ2v) is 12.4. The quantitative estimate of drug-likeness (QED) is 0.0731. The Kier molecular flexibility index (Phi) is 9.97. The number of aromatic nitrogens is 1. The van der Waals surface area contributed by atoms with Crippen LogP contribution >= 0.6 is 0 Å². The van der Waals surface area contributed by atoms with E-state index in [-0.39, 0.29) is 31.8 Å². The highest BCUT2D eigenvalue weighted by Crippen LogP contribution is 2.44. The number of carbonyl (C=O) groups excluding carboxylic acids is 4. The summed E-state index contributed by atoms with van der Waals surface area (Å²) in [5.74, 6) is -2.03. The number of rotatable bonds is 12. The summed E-state index contributed by atoms with van der Waals surface area (Å²) in [6.07, 6.45) is 1.67.